The molecule has 0 aliphatic heterocycles. The topological polar surface area (TPSA) is 85.9 Å². The van der Waals surface area contributed by atoms with E-state index < -0.39 is 0 Å². The second kappa shape index (κ2) is 9.01. The number of rotatable bonds is 11. The quantitative estimate of drug-likeness (QED) is 0.353. The minimum Gasteiger partial charge on any atom is -0.466 e. The summed E-state index contributed by atoms with van der Waals surface area (Å²) in [5, 5.41) is 2.24. The summed E-state index contributed by atoms with van der Waals surface area (Å²) >= 11 is 0. The maximum Gasteiger partial charge on any atom is 0.155 e. The largest absolute Gasteiger partial charge is 0.466 e. The van der Waals surface area contributed by atoms with Gasteiger partial charge in [-0.1, -0.05) is 0 Å². The van der Waals surface area contributed by atoms with Gasteiger partial charge in [-0.2, -0.15) is 0 Å². The third kappa shape index (κ3) is 6.82. The molecule has 0 radical (unpaired) electrons. The van der Waals surface area contributed by atoms with Gasteiger partial charge in [-0.25, -0.2) is 0 Å². The Morgan fingerprint density at radius 2 is 1.85 bits per heavy atom. The molecule has 110 valence electrons. The molecule has 0 fully saturated rings. The molecule has 6 heteroatoms. The molecule has 20 heavy (non-hydrogen) atoms. The number of nitrogens with zero attached hydrogens (tertiary/aromatic N) is 1. The minimum atomic E-state index is 0.00157. The third-order valence-corrected chi connectivity index (χ3v) is 2.87. The van der Waals surface area contributed by atoms with Gasteiger partial charge in [0.1, 0.15) is 29.7 Å². The molecule has 0 bridgehead atoms. The molecular weight excluding hydrogens is 262 g/mol. The first-order valence-electron chi connectivity index (χ1n) is 6.65. The molecule has 0 amide bonds. The van der Waals surface area contributed by atoms with Gasteiger partial charge >= 0.3 is 0 Å². The van der Waals surface area contributed by atoms with Crippen LogP contribution in [0.25, 0.3) is 0 Å². The number of ketones is 2. The third-order valence-electron chi connectivity index (χ3n) is 2.87. The van der Waals surface area contributed by atoms with Crippen molar-refractivity contribution in [3.8, 4) is 0 Å². The Labute approximate surface area is 117 Å². The van der Waals surface area contributed by atoms with E-state index in [2.05, 4.69) is 10.2 Å². The maximum absolute atomic E-state index is 11.6. The van der Waals surface area contributed by atoms with Crippen molar-refractivity contribution in [3.05, 3.63) is 28.6 Å². The van der Waals surface area contributed by atoms with E-state index >= 15 is 0 Å². The van der Waals surface area contributed by atoms with Gasteiger partial charge < -0.3 is 9.25 Å². The van der Waals surface area contributed by atoms with E-state index in [4.69, 9.17) is 4.42 Å². The van der Waals surface area contributed by atoms with Crippen LogP contribution in [0.2, 0.25) is 0 Å². The molecular formula is C14H19NO5. The predicted octanol–water partition coefficient (Wildman–Crippen LogP) is 2.92. The standard InChI is InChI=1S/C14H19NO5/c1-11-4-8-14(20-11)9-7-13(17)6-5-12(16)3-2-10-19-15-18/h4,8H,2-3,5-7,9-10H2,1H3. The number of furan rings is 1. The Hall–Kier alpha value is -1.98. The Kier molecular flexibility index (Phi) is 7.24. The van der Waals surface area contributed by atoms with Crippen LogP contribution in [0.4, 0.5) is 0 Å². The van der Waals surface area contributed by atoms with Gasteiger partial charge in [0.25, 0.3) is 0 Å². The van der Waals surface area contributed by atoms with Crippen LogP contribution in [0.15, 0.2) is 21.9 Å². The molecule has 0 atom stereocenters. The molecule has 0 aliphatic carbocycles. The van der Waals surface area contributed by atoms with Crippen molar-refractivity contribution in [3.63, 3.8) is 0 Å². The molecule has 6 nitrogen and oxygen atoms in total. The lowest BCUT2D eigenvalue weighted by atomic mass is 10.1. The summed E-state index contributed by atoms with van der Waals surface area (Å²) in [6, 6.07) is 3.72. The molecule has 1 aromatic heterocycles. The van der Waals surface area contributed by atoms with Crippen molar-refractivity contribution in [1.29, 1.82) is 0 Å². The molecule has 0 spiro atoms. The van der Waals surface area contributed by atoms with Gasteiger partial charge in [0.05, 0.1) is 0 Å². The van der Waals surface area contributed by atoms with Crippen molar-refractivity contribution >= 4 is 11.6 Å². The highest BCUT2D eigenvalue weighted by atomic mass is 16.7. The van der Waals surface area contributed by atoms with Crippen molar-refractivity contribution in [2.45, 2.75) is 45.4 Å². The Morgan fingerprint density at radius 1 is 1.15 bits per heavy atom. The highest BCUT2D eigenvalue weighted by Gasteiger charge is 2.09. The summed E-state index contributed by atoms with van der Waals surface area (Å²) in [4.78, 5) is 37.0. The van der Waals surface area contributed by atoms with E-state index in [0.29, 0.717) is 25.7 Å². The van der Waals surface area contributed by atoms with Gasteiger partial charge in [-0.3, -0.25) is 9.59 Å². The van der Waals surface area contributed by atoms with E-state index in [1.165, 1.54) is 0 Å². The number of hydrogen-bond acceptors (Lipinski definition) is 6. The number of Topliss-reactive ketones (excluding diaryl/α,β-unsaturated/α-hetero) is 2. The summed E-state index contributed by atoms with van der Waals surface area (Å²) in [6.07, 6.45) is 2.21. The molecule has 0 aliphatic rings. The maximum atomic E-state index is 11.6. The van der Waals surface area contributed by atoms with Gasteiger partial charge in [0, 0.05) is 32.1 Å². The van der Waals surface area contributed by atoms with E-state index in [0.717, 1.165) is 11.5 Å². The summed E-state index contributed by atoms with van der Waals surface area (Å²) in [7, 11) is 0. The lowest BCUT2D eigenvalue weighted by Crippen LogP contribution is -2.06. The summed E-state index contributed by atoms with van der Waals surface area (Å²) in [5.74, 6) is 1.68. The lowest BCUT2D eigenvalue weighted by molar-refractivity contribution is -0.124. The first kappa shape index (κ1) is 16.1. The smallest absolute Gasteiger partial charge is 0.155 e. The second-order valence-electron chi connectivity index (χ2n) is 4.60. The molecule has 0 aromatic carbocycles. The summed E-state index contributed by atoms with van der Waals surface area (Å²) in [6.45, 7) is 1.99. The minimum absolute atomic E-state index is 0.00157. The van der Waals surface area contributed by atoms with Crippen LogP contribution < -0.4 is 0 Å². The average Bonchev–Trinajstić information content (AvgIpc) is 2.85. The van der Waals surface area contributed by atoms with Gasteiger partial charge in [-0.05, 0) is 25.5 Å². The fraction of sp³-hybridized carbons (Fsp3) is 0.571. The monoisotopic (exact) mass is 281 g/mol. The van der Waals surface area contributed by atoms with Gasteiger partial charge in [0.2, 0.25) is 0 Å². The first-order valence-corrected chi connectivity index (χ1v) is 6.65. The molecule has 1 aromatic rings. The number of carbonyl (C=O) groups is 2. The van der Waals surface area contributed by atoms with E-state index in [9.17, 15) is 14.5 Å². The average molecular weight is 281 g/mol. The van der Waals surface area contributed by atoms with Crippen molar-refractivity contribution in [2.75, 3.05) is 6.61 Å². The number of aryl methyl sites for hydroxylation is 2. The highest BCUT2D eigenvalue weighted by Crippen LogP contribution is 2.10. The Morgan fingerprint density at radius 3 is 2.45 bits per heavy atom. The van der Waals surface area contributed by atoms with E-state index in [-0.39, 0.29) is 31.0 Å². The molecule has 0 unspecified atom stereocenters. The van der Waals surface area contributed by atoms with Crippen LogP contribution in [-0.2, 0) is 20.8 Å². The van der Waals surface area contributed by atoms with Crippen molar-refractivity contribution in [2.24, 2.45) is 5.34 Å². The lowest BCUT2D eigenvalue weighted by Gasteiger charge is -2.00. The van der Waals surface area contributed by atoms with E-state index in [1.54, 1.807) is 0 Å². The number of hydrogen-bond donors (Lipinski definition) is 0. The summed E-state index contributed by atoms with van der Waals surface area (Å²) < 4.78 is 5.37. The van der Waals surface area contributed by atoms with Crippen LogP contribution >= 0.6 is 0 Å². The SMILES string of the molecule is Cc1ccc(CCC(=O)CCC(=O)CCCON=O)o1. The molecule has 0 saturated carbocycles. The first-order chi connectivity index (χ1) is 9.61. The Bertz CT molecular complexity index is 452. The zero-order valence-corrected chi connectivity index (χ0v) is 11.6. The molecule has 0 N–H and O–H groups in total. The zero-order chi connectivity index (χ0) is 14.8. The predicted molar refractivity (Wildman–Crippen MR) is 72.0 cm³/mol. The molecule has 1 heterocycles. The second-order valence-corrected chi connectivity index (χ2v) is 4.60. The van der Waals surface area contributed by atoms with Crippen LogP contribution in [0.1, 0.15) is 43.6 Å². The van der Waals surface area contributed by atoms with Gasteiger partial charge in [0.15, 0.2) is 5.34 Å². The fourth-order valence-corrected chi connectivity index (χ4v) is 1.78. The summed E-state index contributed by atoms with van der Waals surface area (Å²) in [5.41, 5.74) is 0. The Balaban J connectivity index is 2.10. The zero-order valence-electron chi connectivity index (χ0n) is 11.6. The highest BCUT2D eigenvalue weighted by molar-refractivity contribution is 5.86. The van der Waals surface area contributed by atoms with Crippen molar-refractivity contribution in [1.82, 2.24) is 0 Å². The van der Waals surface area contributed by atoms with Crippen LogP contribution in [0.5, 0.6) is 0 Å². The molecule has 0 saturated heterocycles. The van der Waals surface area contributed by atoms with Gasteiger partial charge in [-0.15, -0.1) is 4.91 Å². The van der Waals surface area contributed by atoms with Crippen LogP contribution in [-0.4, -0.2) is 18.2 Å². The fourth-order valence-electron chi connectivity index (χ4n) is 1.78. The molecule has 1 rings (SSSR count). The van der Waals surface area contributed by atoms with Crippen LogP contribution in [0.3, 0.4) is 0 Å². The van der Waals surface area contributed by atoms with Crippen molar-refractivity contribution < 1.29 is 18.8 Å². The van der Waals surface area contributed by atoms with Crippen LogP contribution in [0, 0.1) is 11.8 Å². The number of carbonyl (C=O) groups excluding carboxylic acids is 2. The normalized spacial score (nSPS) is 10.2. The van der Waals surface area contributed by atoms with E-state index in [1.807, 2.05) is 19.1 Å².